The average molecular weight is 251 g/mol. The van der Waals surface area contributed by atoms with Crippen LogP contribution in [0.2, 0.25) is 0 Å². The molecule has 0 aromatic carbocycles. The van der Waals surface area contributed by atoms with Gasteiger partial charge in [0.25, 0.3) is 0 Å². The summed E-state index contributed by atoms with van der Waals surface area (Å²) < 4.78 is 0. The van der Waals surface area contributed by atoms with E-state index in [-0.39, 0.29) is 0 Å². The molecule has 0 aliphatic carbocycles. The van der Waals surface area contributed by atoms with Crippen LogP contribution in [0.25, 0.3) is 0 Å². The van der Waals surface area contributed by atoms with E-state index in [2.05, 4.69) is 0 Å². The van der Waals surface area contributed by atoms with Gasteiger partial charge in [-0.1, -0.05) is 23.2 Å². The van der Waals surface area contributed by atoms with E-state index in [1.165, 1.54) is 0 Å². The Morgan fingerprint density at radius 1 is 0.500 bits per heavy atom. The van der Waals surface area contributed by atoms with E-state index in [9.17, 15) is 0 Å². The molecule has 0 aromatic heterocycles. The highest BCUT2D eigenvalue weighted by atomic mass is 35.5. The lowest BCUT2D eigenvalue weighted by Gasteiger charge is -2.27. The highest BCUT2D eigenvalue weighted by Gasteiger charge is 2.35. The fraction of sp³-hybridized carbons (Fsp3) is 1.00. The lowest BCUT2D eigenvalue weighted by atomic mass is 10.0. The largest absolute Gasteiger partial charge is 0.387 e. The van der Waals surface area contributed by atoms with Crippen molar-refractivity contribution >= 4 is 23.2 Å². The maximum absolute atomic E-state index is 9.10. The third-order valence-corrected chi connectivity index (χ3v) is 2.13. The van der Waals surface area contributed by atoms with Crippen LogP contribution in [0.4, 0.5) is 0 Å². The van der Waals surface area contributed by atoms with E-state index >= 15 is 0 Å². The Morgan fingerprint density at radius 3 is 0.857 bits per heavy atom. The van der Waals surface area contributed by atoms with Gasteiger partial charge in [-0.25, -0.2) is 0 Å². The van der Waals surface area contributed by atoms with Crippen LogP contribution in [0, 0.1) is 0 Å². The summed E-state index contributed by atoms with van der Waals surface area (Å²) in [5.74, 6) is 0. The van der Waals surface area contributed by atoms with Crippen LogP contribution in [-0.4, -0.2) is 66.2 Å². The lowest BCUT2D eigenvalue weighted by molar-refractivity contribution is -0.133. The Kier molecular flexibility index (Phi) is 6.19. The Balaban J connectivity index is 4.30. The van der Waals surface area contributed by atoms with E-state index in [1.807, 2.05) is 0 Å². The van der Waals surface area contributed by atoms with Gasteiger partial charge >= 0.3 is 0 Å². The molecule has 0 aliphatic rings. The second kappa shape index (κ2) is 6.04. The number of rotatable bonds is 5. The van der Waals surface area contributed by atoms with E-state index in [0.29, 0.717) is 0 Å². The summed E-state index contributed by atoms with van der Waals surface area (Å²) in [6, 6.07) is 0. The maximum atomic E-state index is 9.10. The molecule has 0 amide bonds. The molecule has 0 fully saturated rings. The first-order valence-electron chi connectivity index (χ1n) is 3.65. The zero-order chi connectivity index (χ0) is 11.5. The predicted octanol–water partition coefficient (Wildman–Crippen LogP) is -2.46. The summed E-state index contributed by atoms with van der Waals surface area (Å²) in [7, 11) is 0. The van der Waals surface area contributed by atoms with Crippen molar-refractivity contribution in [2.75, 3.05) is 0 Å². The number of hydrogen-bond donors (Lipinski definition) is 6. The monoisotopic (exact) mass is 250 g/mol. The molecule has 86 valence electrons. The molecule has 0 heterocycles. The Morgan fingerprint density at radius 2 is 0.714 bits per heavy atom. The van der Waals surface area contributed by atoms with Crippen LogP contribution in [0.1, 0.15) is 0 Å². The van der Waals surface area contributed by atoms with E-state index in [4.69, 9.17) is 53.8 Å². The molecule has 6 nitrogen and oxygen atoms in total. The van der Waals surface area contributed by atoms with Crippen molar-refractivity contribution in [3.63, 3.8) is 0 Å². The summed E-state index contributed by atoms with van der Waals surface area (Å²) in [5, 5.41) is 53.4. The second-order valence-electron chi connectivity index (χ2n) is 2.71. The number of hydrogen-bond acceptors (Lipinski definition) is 6. The highest BCUT2D eigenvalue weighted by molar-refractivity contribution is 6.20. The topological polar surface area (TPSA) is 121 Å². The number of aliphatic hydroxyl groups excluding tert-OH is 6. The number of aliphatic hydroxyl groups is 6. The van der Waals surface area contributed by atoms with Gasteiger partial charge in [0.05, 0.1) is 0 Å². The minimum absolute atomic E-state index is 1.81. The molecule has 0 saturated heterocycles. The predicted molar refractivity (Wildman–Crippen MR) is 47.7 cm³/mol. The lowest BCUT2D eigenvalue weighted by Crippen LogP contribution is -2.50. The van der Waals surface area contributed by atoms with E-state index < -0.39 is 35.5 Å². The van der Waals surface area contributed by atoms with Gasteiger partial charge in [0, 0.05) is 0 Å². The van der Waals surface area contributed by atoms with Crippen molar-refractivity contribution in [2.24, 2.45) is 0 Å². The van der Waals surface area contributed by atoms with Crippen LogP contribution in [0.15, 0.2) is 0 Å². The van der Waals surface area contributed by atoms with Crippen molar-refractivity contribution < 1.29 is 30.6 Å². The molecule has 0 saturated carbocycles. The van der Waals surface area contributed by atoms with Crippen LogP contribution in [0.5, 0.6) is 0 Å². The van der Waals surface area contributed by atoms with Crippen molar-refractivity contribution in [1.29, 1.82) is 0 Å². The second-order valence-corrected chi connectivity index (χ2v) is 3.60. The van der Waals surface area contributed by atoms with Crippen LogP contribution < -0.4 is 0 Å². The highest BCUT2D eigenvalue weighted by Crippen LogP contribution is 2.13. The molecule has 14 heavy (non-hydrogen) atoms. The van der Waals surface area contributed by atoms with Gasteiger partial charge in [-0.3, -0.25) is 0 Å². The normalized spacial score (nSPS) is 24.9. The fourth-order valence-electron chi connectivity index (χ4n) is 0.729. The summed E-state index contributed by atoms with van der Waals surface area (Å²) in [6.07, 6.45) is -7.58. The minimum atomic E-state index is -1.93. The Labute approximate surface area is 89.9 Å². The smallest absolute Gasteiger partial charge is 0.156 e. The first kappa shape index (κ1) is 14.3. The summed E-state index contributed by atoms with van der Waals surface area (Å²) in [5.41, 5.74) is -3.61. The van der Waals surface area contributed by atoms with E-state index in [0.717, 1.165) is 0 Å². The molecule has 0 rings (SSSR count). The van der Waals surface area contributed by atoms with E-state index in [1.54, 1.807) is 0 Å². The Hall–Kier alpha value is 0.340. The van der Waals surface area contributed by atoms with Gasteiger partial charge in [-0.2, -0.15) is 0 Å². The number of halogens is 2. The molecule has 0 aromatic rings. The van der Waals surface area contributed by atoms with Gasteiger partial charge in [0.1, 0.15) is 24.4 Å². The van der Waals surface area contributed by atoms with Crippen molar-refractivity contribution in [1.82, 2.24) is 0 Å². The standard InChI is InChI=1S/C6H12Cl2O6/c7-5(13)3(11)1(9)2(10)4(12)6(8)14/h1-6,9-14H/t1-,2+,3-,4-,5+,6-/m1/s1. The van der Waals surface area contributed by atoms with Gasteiger partial charge in [-0.15, -0.1) is 0 Å². The summed E-state index contributed by atoms with van der Waals surface area (Å²) >= 11 is 10.0. The first-order chi connectivity index (χ1) is 6.29. The van der Waals surface area contributed by atoms with Gasteiger partial charge in [-0.05, 0) is 0 Å². The summed E-state index contributed by atoms with van der Waals surface area (Å²) in [6.45, 7) is 0. The molecule has 0 radical (unpaired) electrons. The first-order valence-corrected chi connectivity index (χ1v) is 4.53. The number of alkyl halides is 2. The molecule has 0 bridgehead atoms. The van der Waals surface area contributed by atoms with Crippen LogP contribution in [-0.2, 0) is 0 Å². The minimum Gasteiger partial charge on any atom is -0.387 e. The van der Waals surface area contributed by atoms with Gasteiger partial charge in [0.2, 0.25) is 0 Å². The Bertz CT molecular complexity index is 148. The molecule has 6 N–H and O–H groups in total. The molecular weight excluding hydrogens is 239 g/mol. The molecular formula is C6H12Cl2O6. The molecule has 0 unspecified atom stereocenters. The van der Waals surface area contributed by atoms with Crippen LogP contribution in [0.3, 0.4) is 0 Å². The van der Waals surface area contributed by atoms with Crippen molar-refractivity contribution in [3.8, 4) is 0 Å². The molecule has 6 atom stereocenters. The third-order valence-electron chi connectivity index (χ3n) is 1.61. The van der Waals surface area contributed by atoms with Crippen molar-refractivity contribution in [2.45, 2.75) is 35.5 Å². The van der Waals surface area contributed by atoms with Gasteiger partial charge in [0.15, 0.2) is 11.1 Å². The third kappa shape index (κ3) is 3.84. The molecule has 8 heteroatoms. The van der Waals surface area contributed by atoms with Crippen LogP contribution >= 0.6 is 23.2 Å². The SMILES string of the molecule is O[C@H]([C@H](O)[C@@H](O)[C@@H](O)Cl)[C@@H](O)[C@H](O)Cl. The van der Waals surface area contributed by atoms with Gasteiger partial charge < -0.3 is 30.6 Å². The maximum Gasteiger partial charge on any atom is 0.156 e. The quantitative estimate of drug-likeness (QED) is 0.301. The van der Waals surface area contributed by atoms with Crippen molar-refractivity contribution in [3.05, 3.63) is 0 Å². The fourth-order valence-corrected chi connectivity index (χ4v) is 1.03. The molecule has 0 spiro atoms. The average Bonchev–Trinajstić information content (AvgIpc) is 2.12. The summed E-state index contributed by atoms with van der Waals surface area (Å²) in [4.78, 5) is 0. The molecule has 0 aliphatic heterocycles. The zero-order valence-corrected chi connectivity index (χ0v) is 8.42. The zero-order valence-electron chi connectivity index (χ0n) is 6.90.